The summed E-state index contributed by atoms with van der Waals surface area (Å²) < 4.78 is 0. The Bertz CT molecular complexity index is 38.5. The van der Waals surface area contributed by atoms with Gasteiger partial charge in [0.05, 0.1) is 0 Å². The highest BCUT2D eigenvalue weighted by atomic mass is 14.1. The van der Waals surface area contributed by atoms with E-state index in [0.717, 1.165) is 0 Å². The second-order valence-corrected chi connectivity index (χ2v) is 3.31. The van der Waals surface area contributed by atoms with Crippen LogP contribution in [0.5, 0.6) is 0 Å². The first-order valence-electron chi connectivity index (χ1n) is 3.06. The highest BCUT2D eigenvalue weighted by Crippen LogP contribution is 2.19. The molecule has 0 amide bonds. The largest absolute Gasteiger partial charge is 0.0776 e. The van der Waals surface area contributed by atoms with Crippen molar-refractivity contribution in [1.82, 2.24) is 0 Å². The van der Waals surface area contributed by atoms with Gasteiger partial charge < -0.3 is 0 Å². The second-order valence-electron chi connectivity index (χ2n) is 3.31. The van der Waals surface area contributed by atoms with Crippen molar-refractivity contribution in [2.24, 2.45) is 5.41 Å². The molecule has 0 unspecified atom stereocenters. The van der Waals surface area contributed by atoms with E-state index in [1.807, 2.05) is 0 Å². The molecule has 0 rings (SSSR count). The van der Waals surface area contributed by atoms with Gasteiger partial charge in [-0.1, -0.05) is 56.4 Å². The van der Waals surface area contributed by atoms with Gasteiger partial charge in [-0.2, -0.15) is 0 Å². The first kappa shape index (κ1) is 22.5. The van der Waals surface area contributed by atoms with Crippen molar-refractivity contribution in [2.75, 3.05) is 0 Å². The maximum absolute atomic E-state index is 2.27. The minimum absolute atomic E-state index is 0. The molecule has 0 aromatic rings. The Morgan fingerprint density at radius 3 is 1.20 bits per heavy atom. The zero-order valence-electron chi connectivity index (χ0n) is 5.91. The van der Waals surface area contributed by atoms with Gasteiger partial charge in [-0.15, -0.1) is 0 Å². The molecule has 0 saturated carbocycles. The van der Waals surface area contributed by atoms with Crippen molar-refractivity contribution in [3.05, 3.63) is 0 Å². The summed E-state index contributed by atoms with van der Waals surface area (Å²) in [5.41, 5.74) is 0.550. The van der Waals surface area contributed by atoms with E-state index in [4.69, 9.17) is 0 Å². The number of hydrogen-bond donors (Lipinski definition) is 0. The predicted molar refractivity (Wildman–Crippen MR) is 54.6 cm³/mol. The van der Waals surface area contributed by atoms with Crippen LogP contribution < -0.4 is 0 Å². The normalized spacial score (nSPS) is 8.40. The molecule has 0 nitrogen and oxygen atoms in total. The fourth-order valence-corrected chi connectivity index (χ4v) is 0.750. The summed E-state index contributed by atoms with van der Waals surface area (Å²) in [5.74, 6) is 0. The molecule has 0 N–H and O–H groups in total. The van der Waals surface area contributed by atoms with Crippen LogP contribution in [0.3, 0.4) is 0 Å². The topological polar surface area (TPSA) is 0 Å². The van der Waals surface area contributed by atoms with Gasteiger partial charge >= 0.3 is 0 Å². The first-order valence-corrected chi connectivity index (χ1v) is 3.06. The van der Waals surface area contributed by atoms with E-state index >= 15 is 0 Å². The van der Waals surface area contributed by atoms with Crippen LogP contribution in [0.15, 0.2) is 0 Å². The Morgan fingerprint density at radius 2 is 1.20 bits per heavy atom. The summed E-state index contributed by atoms with van der Waals surface area (Å²) in [4.78, 5) is 0. The Kier molecular flexibility index (Phi) is 20.2. The lowest BCUT2D eigenvalue weighted by atomic mass is 9.91. The SMILES string of the molecule is C.C.C.CCCC(C)(C)C. The van der Waals surface area contributed by atoms with Crippen LogP contribution in [0.2, 0.25) is 0 Å². The van der Waals surface area contributed by atoms with Crippen molar-refractivity contribution >= 4 is 0 Å². The molecule has 0 aromatic heterocycles. The third kappa shape index (κ3) is 24.5. The van der Waals surface area contributed by atoms with Crippen molar-refractivity contribution in [3.8, 4) is 0 Å². The molecule has 10 heavy (non-hydrogen) atoms. The average molecular weight is 148 g/mol. The molecule has 0 heteroatoms. The summed E-state index contributed by atoms with van der Waals surface area (Å²) in [7, 11) is 0. The molecular weight excluding hydrogens is 120 g/mol. The summed E-state index contributed by atoms with van der Waals surface area (Å²) in [6, 6.07) is 0. The molecule has 0 aromatic carbocycles. The summed E-state index contributed by atoms with van der Waals surface area (Å²) in [6.45, 7) is 9.05. The molecule has 0 radical (unpaired) electrons. The maximum atomic E-state index is 2.27. The second kappa shape index (κ2) is 9.00. The summed E-state index contributed by atoms with van der Waals surface area (Å²) >= 11 is 0. The lowest BCUT2D eigenvalue weighted by Gasteiger charge is -2.15. The van der Waals surface area contributed by atoms with Gasteiger partial charge in [0.15, 0.2) is 0 Å². The van der Waals surface area contributed by atoms with Gasteiger partial charge in [0.1, 0.15) is 0 Å². The van der Waals surface area contributed by atoms with Crippen LogP contribution in [0.25, 0.3) is 0 Å². The Labute approximate surface area is 69.0 Å². The van der Waals surface area contributed by atoms with E-state index in [2.05, 4.69) is 27.7 Å². The molecule has 0 bridgehead atoms. The van der Waals surface area contributed by atoms with Crippen molar-refractivity contribution in [1.29, 1.82) is 0 Å². The Balaban J connectivity index is -0.0000000600. The summed E-state index contributed by atoms with van der Waals surface area (Å²) in [6.07, 6.45) is 2.65. The Hall–Kier alpha value is 0. The minimum Gasteiger partial charge on any atom is -0.0776 e. The quantitative estimate of drug-likeness (QED) is 0.504. The van der Waals surface area contributed by atoms with Gasteiger partial charge in [-0.05, 0) is 11.8 Å². The monoisotopic (exact) mass is 148 g/mol. The third-order valence-corrected chi connectivity index (χ3v) is 1.000. The van der Waals surface area contributed by atoms with Gasteiger partial charge in [0.25, 0.3) is 0 Å². The summed E-state index contributed by atoms with van der Waals surface area (Å²) in [5, 5.41) is 0. The Morgan fingerprint density at radius 1 is 0.900 bits per heavy atom. The van der Waals surface area contributed by atoms with Crippen molar-refractivity contribution in [2.45, 2.75) is 62.8 Å². The zero-order valence-corrected chi connectivity index (χ0v) is 5.91. The van der Waals surface area contributed by atoms with Crippen LogP contribution in [-0.4, -0.2) is 0 Å². The van der Waals surface area contributed by atoms with E-state index < -0.39 is 0 Å². The van der Waals surface area contributed by atoms with Crippen molar-refractivity contribution in [3.63, 3.8) is 0 Å². The van der Waals surface area contributed by atoms with Gasteiger partial charge in [-0.25, -0.2) is 0 Å². The van der Waals surface area contributed by atoms with E-state index in [1.165, 1.54) is 12.8 Å². The fraction of sp³-hybridized carbons (Fsp3) is 1.00. The molecule has 0 spiro atoms. The first-order chi connectivity index (χ1) is 3.06. The molecule has 0 aliphatic carbocycles. The van der Waals surface area contributed by atoms with Crippen LogP contribution in [0.1, 0.15) is 62.8 Å². The van der Waals surface area contributed by atoms with Crippen molar-refractivity contribution < 1.29 is 0 Å². The van der Waals surface area contributed by atoms with Gasteiger partial charge in [0.2, 0.25) is 0 Å². The number of hydrogen-bond acceptors (Lipinski definition) is 0. The lowest BCUT2D eigenvalue weighted by Crippen LogP contribution is -2.02. The van der Waals surface area contributed by atoms with E-state index in [9.17, 15) is 0 Å². The third-order valence-electron chi connectivity index (χ3n) is 1.000. The zero-order chi connectivity index (χ0) is 5.91. The predicted octanol–water partition coefficient (Wildman–Crippen LogP) is 4.74. The molecule has 0 aliphatic rings. The molecule has 68 valence electrons. The standard InChI is InChI=1S/C7H16.3CH4/c1-5-6-7(2,3)4;;;/h5-6H2,1-4H3;3*1H4. The molecule has 0 aliphatic heterocycles. The van der Waals surface area contributed by atoms with Gasteiger partial charge in [-0.3, -0.25) is 0 Å². The van der Waals surface area contributed by atoms with E-state index in [-0.39, 0.29) is 22.3 Å². The minimum atomic E-state index is 0. The highest BCUT2D eigenvalue weighted by molar-refractivity contribution is 4.58. The van der Waals surface area contributed by atoms with E-state index in [1.54, 1.807) is 0 Å². The molecule has 0 atom stereocenters. The van der Waals surface area contributed by atoms with Gasteiger partial charge in [0, 0.05) is 0 Å². The molecule has 0 fully saturated rings. The smallest absolute Gasteiger partial charge is 0.0383 e. The molecular formula is C10H28. The fourth-order valence-electron chi connectivity index (χ4n) is 0.750. The van der Waals surface area contributed by atoms with Crippen LogP contribution >= 0.6 is 0 Å². The number of rotatable bonds is 1. The molecule has 0 saturated heterocycles. The van der Waals surface area contributed by atoms with Crippen LogP contribution in [0.4, 0.5) is 0 Å². The average Bonchev–Trinajstić information content (AvgIpc) is 1.30. The van der Waals surface area contributed by atoms with Crippen LogP contribution in [0, 0.1) is 5.41 Å². The highest BCUT2D eigenvalue weighted by Gasteiger charge is 2.06. The van der Waals surface area contributed by atoms with Crippen LogP contribution in [-0.2, 0) is 0 Å². The lowest BCUT2D eigenvalue weighted by molar-refractivity contribution is 0.373. The maximum Gasteiger partial charge on any atom is -0.0383 e. The molecule has 0 heterocycles. The van der Waals surface area contributed by atoms with E-state index in [0.29, 0.717) is 5.41 Å².